The van der Waals surface area contributed by atoms with Crippen molar-refractivity contribution in [1.29, 1.82) is 0 Å². The van der Waals surface area contributed by atoms with Gasteiger partial charge in [-0.15, -0.1) is 0 Å². The molecule has 18 heavy (non-hydrogen) atoms. The summed E-state index contributed by atoms with van der Waals surface area (Å²) in [5, 5.41) is 1.83. The highest BCUT2D eigenvalue weighted by atomic mass is 32.2. The van der Waals surface area contributed by atoms with E-state index in [1.54, 1.807) is 11.8 Å². The molecule has 2 fully saturated rings. The first kappa shape index (κ1) is 13.6. The second-order valence-electron chi connectivity index (χ2n) is 4.05. The molecule has 0 saturated carbocycles. The van der Waals surface area contributed by atoms with E-state index in [9.17, 15) is 0 Å². The normalized spacial score (nSPS) is 23.8. The van der Waals surface area contributed by atoms with Gasteiger partial charge < -0.3 is 14.2 Å². The van der Waals surface area contributed by atoms with Crippen LogP contribution in [0.15, 0.2) is 47.2 Å². The van der Waals surface area contributed by atoms with Gasteiger partial charge in [-0.25, -0.2) is 0 Å². The Morgan fingerprint density at radius 2 is 1.72 bits per heavy atom. The molecule has 0 amide bonds. The van der Waals surface area contributed by atoms with Gasteiger partial charge in [0, 0.05) is 4.90 Å². The minimum absolute atomic E-state index is 0.392. The molecule has 0 N–H and O–H groups in total. The number of benzene rings is 1. The SMILES string of the molecule is C(OCC1CO1)C1CO1.C=CSc1ccccc1. The van der Waals surface area contributed by atoms with Crippen LogP contribution in [0.25, 0.3) is 0 Å². The maximum atomic E-state index is 5.23. The minimum atomic E-state index is 0.392. The maximum absolute atomic E-state index is 5.23. The van der Waals surface area contributed by atoms with E-state index in [1.165, 1.54) is 4.90 Å². The van der Waals surface area contributed by atoms with Gasteiger partial charge in [-0.1, -0.05) is 36.5 Å². The van der Waals surface area contributed by atoms with E-state index in [4.69, 9.17) is 14.2 Å². The Labute approximate surface area is 112 Å². The second kappa shape index (κ2) is 7.59. The summed E-state index contributed by atoms with van der Waals surface area (Å²) >= 11 is 1.64. The van der Waals surface area contributed by atoms with Crippen LogP contribution < -0.4 is 0 Å². The number of thioether (sulfide) groups is 1. The van der Waals surface area contributed by atoms with Crippen molar-refractivity contribution in [3.8, 4) is 0 Å². The van der Waals surface area contributed by atoms with Crippen LogP contribution in [0.5, 0.6) is 0 Å². The molecule has 0 aromatic heterocycles. The van der Waals surface area contributed by atoms with Crippen LogP contribution >= 0.6 is 11.8 Å². The minimum Gasteiger partial charge on any atom is -0.376 e. The Hall–Kier alpha value is -0.810. The van der Waals surface area contributed by atoms with E-state index in [0.717, 1.165) is 26.4 Å². The van der Waals surface area contributed by atoms with Crippen molar-refractivity contribution in [1.82, 2.24) is 0 Å². The molecule has 2 aliphatic rings. The quantitative estimate of drug-likeness (QED) is 0.585. The van der Waals surface area contributed by atoms with E-state index in [0.29, 0.717) is 12.2 Å². The largest absolute Gasteiger partial charge is 0.376 e. The third-order valence-corrected chi connectivity index (χ3v) is 3.09. The molecule has 2 saturated heterocycles. The summed E-state index contributed by atoms with van der Waals surface area (Å²) in [5.74, 6) is 0. The van der Waals surface area contributed by atoms with Gasteiger partial charge in [0.05, 0.1) is 26.4 Å². The van der Waals surface area contributed by atoms with E-state index >= 15 is 0 Å². The van der Waals surface area contributed by atoms with E-state index in [1.807, 2.05) is 23.6 Å². The Balaban J connectivity index is 0.000000134. The molecule has 98 valence electrons. The molecule has 2 heterocycles. The molecule has 3 rings (SSSR count). The molecule has 0 bridgehead atoms. The number of rotatable bonds is 6. The zero-order valence-corrected chi connectivity index (χ0v) is 11.1. The highest BCUT2D eigenvalue weighted by molar-refractivity contribution is 8.02. The lowest BCUT2D eigenvalue weighted by Gasteiger charge is -1.95. The van der Waals surface area contributed by atoms with Crippen LogP contribution in [0, 0.1) is 0 Å². The third-order valence-electron chi connectivity index (χ3n) is 2.37. The summed E-state index contributed by atoms with van der Waals surface area (Å²) in [5.41, 5.74) is 0. The molecule has 2 atom stereocenters. The monoisotopic (exact) mass is 266 g/mol. The van der Waals surface area contributed by atoms with Crippen molar-refractivity contribution < 1.29 is 14.2 Å². The summed E-state index contributed by atoms with van der Waals surface area (Å²) in [7, 11) is 0. The smallest absolute Gasteiger partial charge is 0.104 e. The molecule has 0 radical (unpaired) electrons. The fourth-order valence-electron chi connectivity index (χ4n) is 1.25. The van der Waals surface area contributed by atoms with Crippen molar-refractivity contribution in [2.24, 2.45) is 0 Å². The fourth-order valence-corrected chi connectivity index (χ4v) is 1.76. The van der Waals surface area contributed by atoms with E-state index in [2.05, 4.69) is 18.7 Å². The van der Waals surface area contributed by atoms with Crippen LogP contribution in [0.2, 0.25) is 0 Å². The lowest BCUT2D eigenvalue weighted by atomic mass is 10.4. The average molecular weight is 266 g/mol. The van der Waals surface area contributed by atoms with Gasteiger partial charge in [-0.05, 0) is 17.5 Å². The topological polar surface area (TPSA) is 34.3 Å². The zero-order chi connectivity index (χ0) is 12.6. The highest BCUT2D eigenvalue weighted by Crippen LogP contribution is 2.16. The number of hydrogen-bond donors (Lipinski definition) is 0. The molecule has 1 aromatic rings. The second-order valence-corrected chi connectivity index (χ2v) is 5.09. The predicted molar refractivity (Wildman–Crippen MR) is 72.8 cm³/mol. The number of epoxide rings is 2. The summed E-state index contributed by atoms with van der Waals surface area (Å²) in [6, 6.07) is 10.2. The molecule has 2 unspecified atom stereocenters. The van der Waals surface area contributed by atoms with Crippen LogP contribution in [0.1, 0.15) is 0 Å². The summed E-state index contributed by atoms with van der Waals surface area (Å²) < 4.78 is 15.1. The maximum Gasteiger partial charge on any atom is 0.104 e. The zero-order valence-electron chi connectivity index (χ0n) is 10.3. The van der Waals surface area contributed by atoms with Crippen molar-refractivity contribution in [3.63, 3.8) is 0 Å². The first-order valence-electron chi connectivity index (χ1n) is 6.02. The van der Waals surface area contributed by atoms with Crippen molar-refractivity contribution >= 4 is 11.8 Å². The number of ether oxygens (including phenoxy) is 3. The molecule has 3 nitrogen and oxygen atoms in total. The first-order valence-corrected chi connectivity index (χ1v) is 6.90. The van der Waals surface area contributed by atoms with Crippen molar-refractivity contribution in [2.45, 2.75) is 17.1 Å². The van der Waals surface area contributed by atoms with Gasteiger partial charge in [0.1, 0.15) is 12.2 Å². The molecule has 1 aromatic carbocycles. The van der Waals surface area contributed by atoms with Gasteiger partial charge in [0.2, 0.25) is 0 Å². The fraction of sp³-hybridized carbons (Fsp3) is 0.429. The Kier molecular flexibility index (Phi) is 5.74. The van der Waals surface area contributed by atoms with E-state index in [-0.39, 0.29) is 0 Å². The van der Waals surface area contributed by atoms with Crippen molar-refractivity contribution in [3.05, 3.63) is 42.3 Å². The van der Waals surface area contributed by atoms with Crippen LogP contribution in [-0.4, -0.2) is 38.6 Å². The summed E-state index contributed by atoms with van der Waals surface area (Å²) in [4.78, 5) is 1.24. The van der Waals surface area contributed by atoms with Gasteiger partial charge in [-0.2, -0.15) is 0 Å². The van der Waals surface area contributed by atoms with Gasteiger partial charge in [-0.3, -0.25) is 0 Å². The Morgan fingerprint density at radius 3 is 2.17 bits per heavy atom. The Morgan fingerprint density at radius 1 is 1.17 bits per heavy atom. The van der Waals surface area contributed by atoms with Gasteiger partial charge >= 0.3 is 0 Å². The Bertz CT molecular complexity index is 335. The highest BCUT2D eigenvalue weighted by Gasteiger charge is 2.26. The van der Waals surface area contributed by atoms with Crippen LogP contribution in [-0.2, 0) is 14.2 Å². The van der Waals surface area contributed by atoms with Gasteiger partial charge in [0.25, 0.3) is 0 Å². The first-order chi connectivity index (χ1) is 8.88. The molecular weight excluding hydrogens is 248 g/mol. The molecule has 0 spiro atoms. The molecule has 2 aliphatic heterocycles. The third kappa shape index (κ3) is 6.21. The van der Waals surface area contributed by atoms with Crippen LogP contribution in [0.3, 0.4) is 0 Å². The molecule has 0 aliphatic carbocycles. The summed E-state index contributed by atoms with van der Waals surface area (Å²) in [6.07, 6.45) is 0.785. The number of hydrogen-bond acceptors (Lipinski definition) is 4. The lowest BCUT2D eigenvalue weighted by molar-refractivity contribution is 0.102. The predicted octanol–water partition coefficient (Wildman–Crippen LogP) is 2.72. The lowest BCUT2D eigenvalue weighted by Crippen LogP contribution is -2.06. The van der Waals surface area contributed by atoms with Crippen LogP contribution in [0.4, 0.5) is 0 Å². The van der Waals surface area contributed by atoms with Gasteiger partial charge in [0.15, 0.2) is 0 Å². The average Bonchev–Trinajstić information content (AvgIpc) is 3.27. The summed E-state index contributed by atoms with van der Waals surface area (Å²) in [6.45, 7) is 6.88. The molecular formula is C14H18O3S. The van der Waals surface area contributed by atoms with E-state index < -0.39 is 0 Å². The standard InChI is InChI=1S/C8H8S.C6H10O3/c1-2-9-8-6-4-3-5-7-8;1(5-3-8-5)7-2-6-4-9-6/h2-7H,1H2;5-6H,1-4H2. The van der Waals surface area contributed by atoms with Crippen molar-refractivity contribution in [2.75, 3.05) is 26.4 Å². The molecule has 4 heteroatoms.